The summed E-state index contributed by atoms with van der Waals surface area (Å²) in [5.41, 5.74) is 1.06. The minimum atomic E-state index is 0.375. The number of likely N-dealkylation sites (tertiary alicyclic amines) is 2. The highest BCUT2D eigenvalue weighted by Gasteiger charge is 2.47. The number of hydrogen-bond donors (Lipinski definition) is 1. The molecule has 1 N–H and O–H groups in total. The average Bonchev–Trinajstić information content (AvgIpc) is 2.20. The van der Waals surface area contributed by atoms with Gasteiger partial charge < -0.3 is 10.2 Å². The molecule has 0 aromatic heterocycles. The molecule has 3 fully saturated rings. The molecule has 0 aromatic rings. The molecule has 1 spiro atoms. The van der Waals surface area contributed by atoms with Gasteiger partial charge in [0, 0.05) is 38.3 Å². The molecule has 18 heavy (non-hydrogen) atoms. The van der Waals surface area contributed by atoms with E-state index in [0.29, 0.717) is 11.0 Å². The lowest BCUT2D eigenvalue weighted by molar-refractivity contribution is -0.0915. The van der Waals surface area contributed by atoms with Gasteiger partial charge in [-0.25, -0.2) is 0 Å². The third-order valence-corrected chi connectivity index (χ3v) is 5.30. The summed E-state index contributed by atoms with van der Waals surface area (Å²) in [6.45, 7) is 16.2. The second-order valence-corrected chi connectivity index (χ2v) is 7.85. The second-order valence-electron chi connectivity index (χ2n) is 7.85. The van der Waals surface area contributed by atoms with E-state index >= 15 is 0 Å². The highest BCUT2D eigenvalue weighted by atomic mass is 15.3. The van der Waals surface area contributed by atoms with Gasteiger partial charge in [0.05, 0.1) is 0 Å². The fraction of sp³-hybridized carbons (Fsp3) is 1.00. The Morgan fingerprint density at radius 2 is 1.72 bits per heavy atom. The largest absolute Gasteiger partial charge is 0.316 e. The average molecular weight is 251 g/mol. The van der Waals surface area contributed by atoms with Crippen LogP contribution in [0.15, 0.2) is 0 Å². The predicted octanol–water partition coefficient (Wildman–Crippen LogP) is 1.40. The molecule has 0 radical (unpaired) electrons. The van der Waals surface area contributed by atoms with Crippen LogP contribution in [0.5, 0.6) is 0 Å². The van der Waals surface area contributed by atoms with Gasteiger partial charge in [-0.05, 0) is 58.0 Å². The fourth-order valence-corrected chi connectivity index (χ4v) is 3.61. The Balaban J connectivity index is 1.43. The summed E-state index contributed by atoms with van der Waals surface area (Å²) in [6, 6.07) is 0. The Hall–Kier alpha value is -0.120. The van der Waals surface area contributed by atoms with Crippen molar-refractivity contribution in [2.75, 3.05) is 45.8 Å². The van der Waals surface area contributed by atoms with Crippen LogP contribution < -0.4 is 5.32 Å². The highest BCUT2D eigenvalue weighted by molar-refractivity contribution is 5.02. The number of nitrogens with one attached hydrogen (secondary N) is 1. The molecule has 3 nitrogen and oxygen atoms in total. The molecule has 3 saturated heterocycles. The van der Waals surface area contributed by atoms with Gasteiger partial charge in [0.1, 0.15) is 0 Å². The Morgan fingerprint density at radius 3 is 2.17 bits per heavy atom. The Labute approximate surface area is 112 Å². The van der Waals surface area contributed by atoms with Gasteiger partial charge in [-0.1, -0.05) is 0 Å². The van der Waals surface area contributed by atoms with Crippen molar-refractivity contribution in [1.82, 2.24) is 15.1 Å². The maximum absolute atomic E-state index is 3.38. The molecule has 0 atom stereocenters. The zero-order chi connectivity index (χ0) is 12.8. The van der Waals surface area contributed by atoms with E-state index in [4.69, 9.17) is 0 Å². The van der Waals surface area contributed by atoms with Gasteiger partial charge >= 0.3 is 0 Å². The van der Waals surface area contributed by atoms with E-state index in [1.54, 1.807) is 0 Å². The van der Waals surface area contributed by atoms with Crippen molar-refractivity contribution in [3.05, 3.63) is 0 Å². The van der Waals surface area contributed by atoms with Crippen LogP contribution in [0.2, 0.25) is 0 Å². The summed E-state index contributed by atoms with van der Waals surface area (Å²) in [4.78, 5) is 5.36. The molecule has 0 aliphatic carbocycles. The standard InChI is InChI=1S/C15H29N3/c1-14(2,3)18-11-15(12-18)4-6-17(7-5-15)10-13-8-16-9-13/h13,16H,4-12H2,1-3H3. The third kappa shape index (κ3) is 2.45. The molecule has 0 aromatic carbocycles. The third-order valence-electron chi connectivity index (χ3n) is 5.30. The lowest BCUT2D eigenvalue weighted by Gasteiger charge is -2.58. The van der Waals surface area contributed by atoms with Crippen molar-refractivity contribution in [3.63, 3.8) is 0 Å². The van der Waals surface area contributed by atoms with Crippen LogP contribution in [0.4, 0.5) is 0 Å². The van der Waals surface area contributed by atoms with E-state index < -0.39 is 0 Å². The molecular formula is C15H29N3. The summed E-state index contributed by atoms with van der Waals surface area (Å²) in [6.07, 6.45) is 2.86. The Kier molecular flexibility index (Phi) is 3.20. The first-order valence-electron chi connectivity index (χ1n) is 7.65. The molecule has 0 amide bonds. The van der Waals surface area contributed by atoms with E-state index in [0.717, 1.165) is 5.92 Å². The fourth-order valence-electron chi connectivity index (χ4n) is 3.61. The van der Waals surface area contributed by atoms with Crippen LogP contribution in [0.3, 0.4) is 0 Å². The smallest absolute Gasteiger partial charge is 0.0125 e. The molecule has 3 heterocycles. The van der Waals surface area contributed by atoms with Crippen LogP contribution in [-0.4, -0.2) is 61.2 Å². The Bertz CT molecular complexity index is 287. The van der Waals surface area contributed by atoms with Crippen LogP contribution in [0.1, 0.15) is 33.6 Å². The Morgan fingerprint density at radius 1 is 1.11 bits per heavy atom. The monoisotopic (exact) mass is 251 g/mol. The van der Waals surface area contributed by atoms with E-state index in [9.17, 15) is 0 Å². The molecule has 3 aliphatic rings. The van der Waals surface area contributed by atoms with E-state index in [1.165, 1.54) is 58.7 Å². The molecule has 3 rings (SSSR count). The normalized spacial score (nSPS) is 30.2. The van der Waals surface area contributed by atoms with Crippen LogP contribution in [0, 0.1) is 11.3 Å². The quantitative estimate of drug-likeness (QED) is 0.800. The van der Waals surface area contributed by atoms with Gasteiger partial charge in [-0.3, -0.25) is 4.90 Å². The molecule has 0 unspecified atom stereocenters. The predicted molar refractivity (Wildman–Crippen MR) is 75.8 cm³/mol. The minimum Gasteiger partial charge on any atom is -0.316 e. The molecule has 3 heteroatoms. The number of nitrogens with zero attached hydrogens (tertiary/aromatic N) is 2. The summed E-state index contributed by atoms with van der Waals surface area (Å²) in [5, 5.41) is 3.38. The molecule has 0 saturated carbocycles. The van der Waals surface area contributed by atoms with E-state index in [1.807, 2.05) is 0 Å². The van der Waals surface area contributed by atoms with Crippen LogP contribution in [-0.2, 0) is 0 Å². The van der Waals surface area contributed by atoms with Crippen molar-refractivity contribution in [1.29, 1.82) is 0 Å². The topological polar surface area (TPSA) is 18.5 Å². The second kappa shape index (κ2) is 4.46. The molecule has 0 bridgehead atoms. The van der Waals surface area contributed by atoms with Gasteiger partial charge in [0.25, 0.3) is 0 Å². The first-order valence-corrected chi connectivity index (χ1v) is 7.65. The SMILES string of the molecule is CC(C)(C)N1CC2(CCN(CC3CNC3)CC2)C1. The van der Waals surface area contributed by atoms with Crippen molar-refractivity contribution >= 4 is 0 Å². The first kappa shape index (κ1) is 12.9. The zero-order valence-corrected chi connectivity index (χ0v) is 12.3. The summed E-state index contributed by atoms with van der Waals surface area (Å²) in [5.74, 6) is 0.937. The van der Waals surface area contributed by atoms with Crippen LogP contribution >= 0.6 is 0 Å². The summed E-state index contributed by atoms with van der Waals surface area (Å²) >= 11 is 0. The maximum Gasteiger partial charge on any atom is 0.0125 e. The molecule has 3 aliphatic heterocycles. The first-order chi connectivity index (χ1) is 8.47. The van der Waals surface area contributed by atoms with Crippen molar-refractivity contribution < 1.29 is 0 Å². The molecular weight excluding hydrogens is 222 g/mol. The van der Waals surface area contributed by atoms with Gasteiger partial charge in [0.2, 0.25) is 0 Å². The maximum atomic E-state index is 3.38. The van der Waals surface area contributed by atoms with Gasteiger partial charge in [-0.15, -0.1) is 0 Å². The number of piperidine rings is 1. The highest BCUT2D eigenvalue weighted by Crippen LogP contribution is 2.43. The summed E-state index contributed by atoms with van der Waals surface area (Å²) in [7, 11) is 0. The summed E-state index contributed by atoms with van der Waals surface area (Å²) < 4.78 is 0. The van der Waals surface area contributed by atoms with E-state index in [-0.39, 0.29) is 0 Å². The zero-order valence-electron chi connectivity index (χ0n) is 12.3. The van der Waals surface area contributed by atoms with Crippen LogP contribution in [0.25, 0.3) is 0 Å². The molecule has 104 valence electrons. The van der Waals surface area contributed by atoms with Gasteiger partial charge in [0.15, 0.2) is 0 Å². The van der Waals surface area contributed by atoms with E-state index in [2.05, 4.69) is 35.9 Å². The lowest BCUT2D eigenvalue weighted by Crippen LogP contribution is -2.65. The van der Waals surface area contributed by atoms with Crippen molar-refractivity contribution in [3.8, 4) is 0 Å². The number of hydrogen-bond acceptors (Lipinski definition) is 3. The van der Waals surface area contributed by atoms with Crippen molar-refractivity contribution in [2.45, 2.75) is 39.2 Å². The number of rotatable bonds is 2. The minimum absolute atomic E-state index is 0.375. The lowest BCUT2D eigenvalue weighted by atomic mass is 9.70. The van der Waals surface area contributed by atoms with Gasteiger partial charge in [-0.2, -0.15) is 0 Å². The van der Waals surface area contributed by atoms with Crippen molar-refractivity contribution in [2.24, 2.45) is 11.3 Å².